The zero-order valence-electron chi connectivity index (χ0n) is 10.1. The second-order valence-electron chi connectivity index (χ2n) is 4.27. The smallest absolute Gasteiger partial charge is 0.0697 e. The van der Waals surface area contributed by atoms with Crippen molar-refractivity contribution < 1.29 is 0 Å². The topological polar surface area (TPSA) is 56.7 Å². The first kappa shape index (κ1) is 11.8. The molecule has 0 saturated heterocycles. The van der Waals surface area contributed by atoms with Crippen LogP contribution >= 0.6 is 0 Å². The van der Waals surface area contributed by atoms with Gasteiger partial charge in [-0.05, 0) is 56.0 Å². The van der Waals surface area contributed by atoms with Crippen LogP contribution in [0.3, 0.4) is 0 Å². The van der Waals surface area contributed by atoms with Gasteiger partial charge in [0.15, 0.2) is 0 Å². The van der Waals surface area contributed by atoms with Crippen LogP contribution in [-0.2, 0) is 6.42 Å². The first-order valence-electron chi connectivity index (χ1n) is 5.97. The summed E-state index contributed by atoms with van der Waals surface area (Å²) in [4.78, 5) is 0. The molecule has 0 aliphatic rings. The van der Waals surface area contributed by atoms with Crippen LogP contribution in [0.1, 0.15) is 24.0 Å². The van der Waals surface area contributed by atoms with Crippen LogP contribution in [0.5, 0.6) is 0 Å². The molecule has 0 unspecified atom stereocenters. The molecule has 17 heavy (non-hydrogen) atoms. The first-order chi connectivity index (χ1) is 8.29. The lowest BCUT2D eigenvalue weighted by Crippen LogP contribution is -2.00. The molecule has 1 aromatic heterocycles. The van der Waals surface area contributed by atoms with Gasteiger partial charge < -0.3 is 5.73 Å². The molecule has 1 heterocycles. The minimum atomic E-state index is 0.766. The van der Waals surface area contributed by atoms with Gasteiger partial charge in [0, 0.05) is 0 Å². The minimum absolute atomic E-state index is 0.766. The van der Waals surface area contributed by atoms with Gasteiger partial charge in [0.1, 0.15) is 0 Å². The van der Waals surface area contributed by atoms with Crippen molar-refractivity contribution in [1.82, 2.24) is 15.0 Å². The Balaban J connectivity index is 2.18. The Kier molecular flexibility index (Phi) is 3.88. The number of unbranched alkanes of at least 4 members (excludes halogenated alkanes) is 1. The van der Waals surface area contributed by atoms with Gasteiger partial charge in [-0.15, -0.1) is 5.10 Å². The van der Waals surface area contributed by atoms with Crippen molar-refractivity contribution in [1.29, 1.82) is 0 Å². The van der Waals surface area contributed by atoms with Gasteiger partial charge in [-0.1, -0.05) is 11.3 Å². The normalized spacial score (nSPS) is 10.7. The Morgan fingerprint density at radius 2 is 2.12 bits per heavy atom. The van der Waals surface area contributed by atoms with Crippen molar-refractivity contribution in [3.63, 3.8) is 0 Å². The highest BCUT2D eigenvalue weighted by Crippen LogP contribution is 2.14. The van der Waals surface area contributed by atoms with E-state index in [2.05, 4.69) is 35.4 Å². The summed E-state index contributed by atoms with van der Waals surface area (Å²) < 4.78 is 1.79. The fraction of sp³-hybridized carbons (Fsp3) is 0.385. The molecule has 0 spiro atoms. The fourth-order valence-electron chi connectivity index (χ4n) is 1.94. The van der Waals surface area contributed by atoms with Crippen molar-refractivity contribution in [3.8, 4) is 5.69 Å². The Morgan fingerprint density at radius 1 is 1.24 bits per heavy atom. The van der Waals surface area contributed by atoms with E-state index in [1.54, 1.807) is 10.9 Å². The lowest BCUT2D eigenvalue weighted by molar-refractivity contribution is 0.741. The van der Waals surface area contributed by atoms with E-state index in [4.69, 9.17) is 5.73 Å². The van der Waals surface area contributed by atoms with Gasteiger partial charge >= 0.3 is 0 Å². The van der Waals surface area contributed by atoms with Crippen LogP contribution in [-0.4, -0.2) is 21.5 Å². The number of aryl methyl sites for hydroxylation is 2. The van der Waals surface area contributed by atoms with Crippen molar-refractivity contribution in [2.24, 2.45) is 5.73 Å². The Labute approximate surface area is 101 Å². The van der Waals surface area contributed by atoms with E-state index >= 15 is 0 Å². The average molecular weight is 230 g/mol. The molecule has 1 aromatic carbocycles. The molecular weight excluding hydrogens is 212 g/mol. The SMILES string of the molecule is Cc1cc(CCCCN)cc(-n2ccnn2)c1. The minimum Gasteiger partial charge on any atom is -0.330 e. The number of benzene rings is 1. The fourth-order valence-corrected chi connectivity index (χ4v) is 1.94. The van der Waals surface area contributed by atoms with Crippen molar-refractivity contribution in [2.75, 3.05) is 6.54 Å². The molecule has 4 nitrogen and oxygen atoms in total. The van der Waals surface area contributed by atoms with Crippen LogP contribution in [0.4, 0.5) is 0 Å². The molecule has 0 aliphatic heterocycles. The molecule has 2 aromatic rings. The molecule has 0 atom stereocenters. The summed E-state index contributed by atoms with van der Waals surface area (Å²) in [5, 5.41) is 7.84. The third kappa shape index (κ3) is 3.14. The number of hydrogen-bond acceptors (Lipinski definition) is 3. The lowest BCUT2D eigenvalue weighted by Gasteiger charge is -2.07. The summed E-state index contributed by atoms with van der Waals surface area (Å²) in [6.07, 6.45) is 6.83. The number of aromatic nitrogens is 3. The van der Waals surface area contributed by atoms with E-state index < -0.39 is 0 Å². The standard InChI is InChI=1S/C13H18N4/c1-11-8-12(4-2-3-5-14)10-13(9-11)17-7-6-15-16-17/h6-10H,2-5,14H2,1H3. The maximum atomic E-state index is 5.51. The molecule has 4 heteroatoms. The molecule has 0 saturated carbocycles. The van der Waals surface area contributed by atoms with Gasteiger partial charge in [0.25, 0.3) is 0 Å². The predicted octanol–water partition coefficient (Wildman–Crippen LogP) is 1.86. The Bertz CT molecular complexity index is 462. The summed E-state index contributed by atoms with van der Waals surface area (Å²) in [5.74, 6) is 0. The van der Waals surface area contributed by atoms with Crippen LogP contribution in [0.2, 0.25) is 0 Å². The molecular formula is C13H18N4. The van der Waals surface area contributed by atoms with E-state index in [1.165, 1.54) is 11.1 Å². The van der Waals surface area contributed by atoms with Gasteiger partial charge in [0.05, 0.1) is 18.1 Å². The maximum absolute atomic E-state index is 5.51. The van der Waals surface area contributed by atoms with E-state index in [1.807, 2.05) is 6.20 Å². The molecule has 90 valence electrons. The van der Waals surface area contributed by atoms with Gasteiger partial charge in [0.2, 0.25) is 0 Å². The summed E-state index contributed by atoms with van der Waals surface area (Å²) in [5.41, 5.74) is 9.17. The van der Waals surface area contributed by atoms with Crippen LogP contribution < -0.4 is 5.73 Å². The van der Waals surface area contributed by atoms with Gasteiger partial charge in [-0.25, -0.2) is 4.68 Å². The van der Waals surface area contributed by atoms with Crippen LogP contribution in [0.15, 0.2) is 30.6 Å². The summed E-state index contributed by atoms with van der Waals surface area (Å²) in [7, 11) is 0. The van der Waals surface area contributed by atoms with Crippen molar-refractivity contribution >= 4 is 0 Å². The first-order valence-corrected chi connectivity index (χ1v) is 5.97. The molecule has 2 N–H and O–H groups in total. The Hall–Kier alpha value is -1.68. The average Bonchev–Trinajstić information content (AvgIpc) is 2.82. The largest absolute Gasteiger partial charge is 0.330 e. The van der Waals surface area contributed by atoms with Gasteiger partial charge in [-0.3, -0.25) is 0 Å². The number of nitrogens with zero attached hydrogens (tertiary/aromatic N) is 3. The highest BCUT2D eigenvalue weighted by molar-refractivity contribution is 5.39. The molecule has 2 rings (SSSR count). The third-order valence-corrected chi connectivity index (χ3v) is 2.73. The van der Waals surface area contributed by atoms with E-state index in [0.717, 1.165) is 31.5 Å². The van der Waals surface area contributed by atoms with Crippen molar-refractivity contribution in [3.05, 3.63) is 41.7 Å². The number of nitrogens with two attached hydrogens (primary N) is 1. The second kappa shape index (κ2) is 5.59. The summed E-state index contributed by atoms with van der Waals surface area (Å²) >= 11 is 0. The van der Waals surface area contributed by atoms with Crippen molar-refractivity contribution in [2.45, 2.75) is 26.2 Å². The monoisotopic (exact) mass is 230 g/mol. The van der Waals surface area contributed by atoms with Crippen LogP contribution in [0, 0.1) is 6.92 Å². The molecule has 0 aliphatic carbocycles. The highest BCUT2D eigenvalue weighted by Gasteiger charge is 2.01. The lowest BCUT2D eigenvalue weighted by atomic mass is 10.0. The van der Waals surface area contributed by atoms with Crippen LogP contribution in [0.25, 0.3) is 5.69 Å². The van der Waals surface area contributed by atoms with E-state index in [0.29, 0.717) is 0 Å². The molecule has 0 fully saturated rings. The molecule has 0 bridgehead atoms. The summed E-state index contributed by atoms with van der Waals surface area (Å²) in [6, 6.07) is 6.50. The second-order valence-corrected chi connectivity index (χ2v) is 4.27. The van der Waals surface area contributed by atoms with Gasteiger partial charge in [-0.2, -0.15) is 0 Å². The number of hydrogen-bond donors (Lipinski definition) is 1. The third-order valence-electron chi connectivity index (χ3n) is 2.73. The molecule has 0 amide bonds. The summed E-state index contributed by atoms with van der Waals surface area (Å²) in [6.45, 7) is 2.87. The number of rotatable bonds is 5. The highest BCUT2D eigenvalue weighted by atomic mass is 15.4. The quantitative estimate of drug-likeness (QED) is 0.798. The Morgan fingerprint density at radius 3 is 2.82 bits per heavy atom. The zero-order chi connectivity index (χ0) is 12.1. The molecule has 0 radical (unpaired) electrons. The van der Waals surface area contributed by atoms with E-state index in [-0.39, 0.29) is 0 Å². The van der Waals surface area contributed by atoms with E-state index in [9.17, 15) is 0 Å². The predicted molar refractivity (Wildman–Crippen MR) is 68.1 cm³/mol. The maximum Gasteiger partial charge on any atom is 0.0697 e. The zero-order valence-corrected chi connectivity index (χ0v) is 10.1.